The SMILES string of the molecule is CO[C@@](C(=O)N1CCC2(CC1)CC(=O)NC[C@H]2c1ccccc1Oc1ccccc1)(c1ccccc1)C(F)(F)F. The molecule has 5 rings (SSSR count). The number of methoxy groups -OCH3 is 1. The summed E-state index contributed by atoms with van der Waals surface area (Å²) in [5.41, 5.74) is -3.01. The number of carbonyl (C=O) groups is 2. The first-order valence-electron chi connectivity index (χ1n) is 13.3. The highest BCUT2D eigenvalue weighted by Crippen LogP contribution is 2.52. The Balaban J connectivity index is 1.43. The minimum absolute atomic E-state index is 0.0678. The second kappa shape index (κ2) is 11.0. The van der Waals surface area contributed by atoms with Crippen molar-refractivity contribution in [2.45, 2.75) is 37.0 Å². The molecule has 2 amide bonds. The normalized spacial score (nSPS) is 20.4. The summed E-state index contributed by atoms with van der Waals surface area (Å²) in [6.07, 6.45) is -4.03. The highest BCUT2D eigenvalue weighted by atomic mass is 19.4. The molecule has 0 saturated carbocycles. The fourth-order valence-electron chi connectivity index (χ4n) is 6.16. The van der Waals surface area contributed by atoms with Crippen LogP contribution in [0.3, 0.4) is 0 Å². The minimum atomic E-state index is -4.98. The van der Waals surface area contributed by atoms with E-state index in [9.17, 15) is 22.8 Å². The Hall–Kier alpha value is -3.85. The Morgan fingerprint density at radius 2 is 1.52 bits per heavy atom. The van der Waals surface area contributed by atoms with E-state index in [1.54, 1.807) is 6.07 Å². The van der Waals surface area contributed by atoms with E-state index >= 15 is 0 Å². The van der Waals surface area contributed by atoms with Crippen LogP contribution in [0.15, 0.2) is 84.9 Å². The van der Waals surface area contributed by atoms with E-state index in [4.69, 9.17) is 9.47 Å². The molecule has 3 aromatic rings. The van der Waals surface area contributed by atoms with Crippen LogP contribution < -0.4 is 10.1 Å². The van der Waals surface area contributed by atoms with Gasteiger partial charge >= 0.3 is 6.18 Å². The molecular formula is C31H31F3N2O4. The summed E-state index contributed by atoms with van der Waals surface area (Å²) >= 11 is 0. The third kappa shape index (κ3) is 4.94. The van der Waals surface area contributed by atoms with Gasteiger partial charge in [0.05, 0.1) is 0 Å². The third-order valence-electron chi connectivity index (χ3n) is 8.25. The molecule has 40 heavy (non-hydrogen) atoms. The molecule has 0 radical (unpaired) electrons. The van der Waals surface area contributed by atoms with E-state index in [1.165, 1.54) is 29.2 Å². The van der Waals surface area contributed by atoms with Crippen LogP contribution in [0.25, 0.3) is 0 Å². The number of hydrogen-bond acceptors (Lipinski definition) is 4. The second-order valence-corrected chi connectivity index (χ2v) is 10.4. The molecule has 0 bridgehead atoms. The predicted molar refractivity (Wildman–Crippen MR) is 143 cm³/mol. The number of rotatable bonds is 6. The second-order valence-electron chi connectivity index (χ2n) is 10.4. The maximum Gasteiger partial charge on any atom is 0.430 e. The van der Waals surface area contributed by atoms with E-state index in [2.05, 4.69) is 5.32 Å². The summed E-state index contributed by atoms with van der Waals surface area (Å²) in [7, 11) is 0.912. The predicted octanol–water partition coefficient (Wildman–Crippen LogP) is 5.80. The van der Waals surface area contributed by atoms with Gasteiger partial charge in [-0.3, -0.25) is 9.59 Å². The Bertz CT molecular complexity index is 1340. The zero-order valence-electron chi connectivity index (χ0n) is 22.1. The van der Waals surface area contributed by atoms with Crippen LogP contribution in [-0.4, -0.2) is 49.6 Å². The standard InChI is InChI=1S/C31H31F3N2O4/c1-39-30(31(32,33)34,22-10-4-2-5-11-22)28(38)36-18-16-29(17-19-36)20-27(37)35-21-25(29)24-14-8-9-15-26(24)40-23-12-6-3-7-13-23/h2-15,25H,16-21H2,1H3,(H,35,37)/t25-,30+/m0/s1. The number of benzene rings is 3. The van der Waals surface area contributed by atoms with Crippen molar-refractivity contribution in [3.05, 3.63) is 96.1 Å². The number of halogens is 3. The molecule has 2 atom stereocenters. The van der Waals surface area contributed by atoms with Crippen LogP contribution in [-0.2, 0) is 19.9 Å². The highest BCUT2D eigenvalue weighted by molar-refractivity contribution is 5.88. The van der Waals surface area contributed by atoms with Gasteiger partial charge in [-0.25, -0.2) is 0 Å². The van der Waals surface area contributed by atoms with Gasteiger partial charge in [0.2, 0.25) is 5.91 Å². The van der Waals surface area contributed by atoms with E-state index < -0.39 is 23.1 Å². The molecule has 6 nitrogen and oxygen atoms in total. The number of para-hydroxylation sites is 2. The van der Waals surface area contributed by atoms with Crippen molar-refractivity contribution in [2.75, 3.05) is 26.7 Å². The minimum Gasteiger partial charge on any atom is -0.457 e. The van der Waals surface area contributed by atoms with Crippen molar-refractivity contribution in [1.29, 1.82) is 0 Å². The van der Waals surface area contributed by atoms with E-state index in [0.717, 1.165) is 12.7 Å². The van der Waals surface area contributed by atoms with Gasteiger partial charge in [0.25, 0.3) is 11.5 Å². The largest absolute Gasteiger partial charge is 0.457 e. The summed E-state index contributed by atoms with van der Waals surface area (Å²) in [6.45, 7) is 0.507. The van der Waals surface area contributed by atoms with Gasteiger partial charge in [0.1, 0.15) is 11.5 Å². The summed E-state index contributed by atoms with van der Waals surface area (Å²) in [6, 6.07) is 24.0. The van der Waals surface area contributed by atoms with Gasteiger partial charge in [0, 0.05) is 50.2 Å². The van der Waals surface area contributed by atoms with Crippen LogP contribution in [0.5, 0.6) is 11.5 Å². The number of hydrogen-bond donors (Lipinski definition) is 1. The summed E-state index contributed by atoms with van der Waals surface area (Å²) in [5, 5.41) is 2.96. The summed E-state index contributed by atoms with van der Waals surface area (Å²) in [4.78, 5) is 27.5. The Kier molecular flexibility index (Phi) is 7.59. The quantitative estimate of drug-likeness (QED) is 0.420. The number of alkyl halides is 3. The summed E-state index contributed by atoms with van der Waals surface area (Å²) < 4.78 is 54.8. The average Bonchev–Trinajstić information content (AvgIpc) is 2.95. The molecule has 9 heteroatoms. The van der Waals surface area contributed by atoms with Crippen LogP contribution >= 0.6 is 0 Å². The van der Waals surface area contributed by atoms with Crippen molar-refractivity contribution >= 4 is 11.8 Å². The fourth-order valence-corrected chi connectivity index (χ4v) is 6.16. The monoisotopic (exact) mass is 552 g/mol. The third-order valence-corrected chi connectivity index (χ3v) is 8.25. The lowest BCUT2D eigenvalue weighted by Gasteiger charge is -2.50. The van der Waals surface area contributed by atoms with Gasteiger partial charge in [-0.15, -0.1) is 0 Å². The molecule has 2 aliphatic heterocycles. The van der Waals surface area contributed by atoms with Crippen LogP contribution in [0.1, 0.15) is 36.3 Å². The molecule has 0 aliphatic carbocycles. The molecule has 3 aromatic carbocycles. The number of piperidine rings is 2. The van der Waals surface area contributed by atoms with Gasteiger partial charge < -0.3 is 19.7 Å². The van der Waals surface area contributed by atoms with E-state index in [0.29, 0.717) is 30.9 Å². The molecule has 210 valence electrons. The topological polar surface area (TPSA) is 67.9 Å². The zero-order chi connectivity index (χ0) is 28.4. The molecule has 2 heterocycles. The smallest absolute Gasteiger partial charge is 0.430 e. The first kappa shape index (κ1) is 27.7. The molecule has 2 aliphatic rings. The van der Waals surface area contributed by atoms with E-state index in [1.807, 2.05) is 54.6 Å². The molecule has 1 N–H and O–H groups in total. The lowest BCUT2D eigenvalue weighted by molar-refractivity contribution is -0.271. The van der Waals surface area contributed by atoms with Gasteiger partial charge in [0.15, 0.2) is 0 Å². The molecule has 0 aromatic heterocycles. The van der Waals surface area contributed by atoms with Crippen LogP contribution in [0.4, 0.5) is 13.2 Å². The number of amides is 2. The van der Waals surface area contributed by atoms with Crippen molar-refractivity contribution in [1.82, 2.24) is 10.2 Å². The average molecular weight is 553 g/mol. The number of likely N-dealkylation sites (tertiary alicyclic amines) is 1. The number of nitrogens with zero attached hydrogens (tertiary/aromatic N) is 1. The van der Waals surface area contributed by atoms with Crippen molar-refractivity contribution in [3.63, 3.8) is 0 Å². The molecule has 1 spiro atoms. The van der Waals surface area contributed by atoms with Crippen molar-refractivity contribution in [2.24, 2.45) is 5.41 Å². The van der Waals surface area contributed by atoms with Crippen molar-refractivity contribution in [3.8, 4) is 11.5 Å². The van der Waals surface area contributed by atoms with Gasteiger partial charge in [-0.1, -0.05) is 66.7 Å². The first-order chi connectivity index (χ1) is 19.2. The van der Waals surface area contributed by atoms with Crippen LogP contribution in [0, 0.1) is 5.41 Å². The Labute approximate surface area is 231 Å². The van der Waals surface area contributed by atoms with Gasteiger partial charge in [-0.05, 0) is 36.5 Å². The highest BCUT2D eigenvalue weighted by Gasteiger charge is 2.64. The number of carbonyl (C=O) groups excluding carboxylic acids is 2. The molecular weight excluding hydrogens is 521 g/mol. The molecule has 2 fully saturated rings. The van der Waals surface area contributed by atoms with Crippen LogP contribution in [0.2, 0.25) is 0 Å². The fraction of sp³-hybridized carbons (Fsp3) is 0.355. The number of nitrogens with one attached hydrogen (secondary N) is 1. The van der Waals surface area contributed by atoms with E-state index in [-0.39, 0.29) is 36.9 Å². The number of ether oxygens (including phenoxy) is 2. The Morgan fingerprint density at radius 3 is 2.15 bits per heavy atom. The van der Waals surface area contributed by atoms with Crippen molar-refractivity contribution < 1.29 is 32.2 Å². The maximum atomic E-state index is 14.5. The maximum absolute atomic E-state index is 14.5. The molecule has 2 saturated heterocycles. The lowest BCUT2D eigenvalue weighted by Crippen LogP contribution is -2.60. The summed E-state index contributed by atoms with van der Waals surface area (Å²) in [5.74, 6) is -0.0664. The Morgan fingerprint density at radius 1 is 0.925 bits per heavy atom. The molecule has 0 unspecified atom stereocenters. The van der Waals surface area contributed by atoms with Gasteiger partial charge in [-0.2, -0.15) is 13.2 Å². The first-order valence-corrected chi connectivity index (χ1v) is 13.3. The zero-order valence-corrected chi connectivity index (χ0v) is 22.1. The lowest BCUT2D eigenvalue weighted by atomic mass is 9.62.